The van der Waals surface area contributed by atoms with Crippen molar-refractivity contribution in [2.24, 2.45) is 0 Å². The number of thioether (sulfide) groups is 1. The van der Waals surface area contributed by atoms with Gasteiger partial charge < -0.3 is 5.11 Å². The fraction of sp³-hybridized carbons (Fsp3) is 0.250. The third-order valence-corrected chi connectivity index (χ3v) is 5.71. The van der Waals surface area contributed by atoms with Crippen LogP contribution in [0.5, 0.6) is 0 Å². The Bertz CT molecular complexity index is 748. The molecule has 124 valence electrons. The predicted molar refractivity (Wildman–Crippen MR) is 95.3 cm³/mol. The Morgan fingerprint density at radius 3 is 2.43 bits per heavy atom. The average Bonchev–Trinajstić information content (AvgIpc) is 2.55. The van der Waals surface area contributed by atoms with Crippen molar-refractivity contribution < 1.29 is 13.5 Å². The van der Waals surface area contributed by atoms with Crippen molar-refractivity contribution in [3.05, 3.63) is 64.7 Å². The third kappa shape index (κ3) is 5.51. The number of benzene rings is 2. The second-order valence-electron chi connectivity index (χ2n) is 4.99. The van der Waals surface area contributed by atoms with E-state index in [2.05, 4.69) is 4.72 Å². The summed E-state index contributed by atoms with van der Waals surface area (Å²) in [5.41, 5.74) is 1.20. The lowest BCUT2D eigenvalue weighted by Crippen LogP contribution is -2.29. The first-order chi connectivity index (χ1) is 10.9. The van der Waals surface area contributed by atoms with Gasteiger partial charge in [-0.15, -0.1) is 11.8 Å². The Morgan fingerprint density at radius 2 is 1.83 bits per heavy atom. The number of nitrogens with one attached hydrogen (secondary N) is 1. The second-order valence-corrected chi connectivity index (χ2v) is 8.08. The molecule has 0 aliphatic carbocycles. The number of halogens is 1. The minimum absolute atomic E-state index is 0.0780. The lowest BCUT2D eigenvalue weighted by atomic mass is 10.1. The van der Waals surface area contributed by atoms with Crippen LogP contribution in [0.3, 0.4) is 0 Å². The van der Waals surface area contributed by atoms with E-state index in [0.717, 1.165) is 4.90 Å². The highest BCUT2D eigenvalue weighted by Crippen LogP contribution is 2.20. The fourth-order valence-electron chi connectivity index (χ4n) is 2.02. The summed E-state index contributed by atoms with van der Waals surface area (Å²) >= 11 is 7.58. The van der Waals surface area contributed by atoms with Gasteiger partial charge in [-0.1, -0.05) is 41.9 Å². The molecule has 0 saturated carbocycles. The Kier molecular flexibility index (Phi) is 6.50. The maximum absolute atomic E-state index is 12.1. The third-order valence-electron chi connectivity index (χ3n) is 3.30. The van der Waals surface area contributed by atoms with Crippen LogP contribution in [0.4, 0.5) is 0 Å². The Labute approximate surface area is 145 Å². The van der Waals surface area contributed by atoms with Crippen molar-refractivity contribution in [1.29, 1.82) is 0 Å². The second kappa shape index (κ2) is 8.17. The Balaban J connectivity index is 1.96. The van der Waals surface area contributed by atoms with E-state index in [4.69, 9.17) is 11.6 Å². The summed E-state index contributed by atoms with van der Waals surface area (Å²) in [7, 11) is -3.57. The Hall–Kier alpha value is -1.05. The summed E-state index contributed by atoms with van der Waals surface area (Å²) in [4.78, 5) is 1.08. The first kappa shape index (κ1) is 18.3. The van der Waals surface area contributed by atoms with Gasteiger partial charge in [0.2, 0.25) is 10.0 Å². The summed E-state index contributed by atoms with van der Waals surface area (Å²) < 4.78 is 26.6. The molecule has 2 rings (SSSR count). The molecule has 2 aromatic rings. The van der Waals surface area contributed by atoms with Crippen LogP contribution in [-0.2, 0) is 15.8 Å². The lowest BCUT2D eigenvalue weighted by Gasteiger charge is -2.13. The van der Waals surface area contributed by atoms with Gasteiger partial charge in [0.15, 0.2) is 0 Å². The SMILES string of the molecule is CSc1ccc(C(O)CNS(=O)(=O)Cc2ccccc2Cl)cc1. The maximum Gasteiger partial charge on any atom is 0.215 e. The molecular weight excluding hydrogens is 354 g/mol. The van der Waals surface area contributed by atoms with Crippen molar-refractivity contribution >= 4 is 33.4 Å². The first-order valence-electron chi connectivity index (χ1n) is 6.94. The van der Waals surface area contributed by atoms with Crippen LogP contribution >= 0.6 is 23.4 Å². The minimum atomic E-state index is -3.57. The quantitative estimate of drug-likeness (QED) is 0.733. The molecule has 2 N–H and O–H groups in total. The van der Waals surface area contributed by atoms with E-state index in [9.17, 15) is 13.5 Å². The number of hydrogen-bond donors (Lipinski definition) is 2. The summed E-state index contributed by atoms with van der Waals surface area (Å²) in [5.74, 6) is -0.217. The summed E-state index contributed by atoms with van der Waals surface area (Å²) in [6.45, 7) is -0.0780. The van der Waals surface area contributed by atoms with Gasteiger partial charge in [0.1, 0.15) is 0 Å². The molecule has 0 fully saturated rings. The monoisotopic (exact) mass is 371 g/mol. The molecular formula is C16H18ClNO3S2. The van der Waals surface area contributed by atoms with Gasteiger partial charge in [-0.3, -0.25) is 0 Å². The summed E-state index contributed by atoms with van der Waals surface area (Å²) in [5, 5.41) is 10.5. The van der Waals surface area contributed by atoms with Crippen LogP contribution in [0.15, 0.2) is 53.4 Å². The van der Waals surface area contributed by atoms with E-state index in [-0.39, 0.29) is 12.3 Å². The molecule has 0 bridgehead atoms. The zero-order valence-electron chi connectivity index (χ0n) is 12.6. The number of hydrogen-bond acceptors (Lipinski definition) is 4. The molecule has 4 nitrogen and oxygen atoms in total. The molecule has 0 radical (unpaired) electrons. The Morgan fingerprint density at radius 1 is 1.17 bits per heavy atom. The first-order valence-corrected chi connectivity index (χ1v) is 10.2. The van der Waals surface area contributed by atoms with Crippen LogP contribution in [0.1, 0.15) is 17.2 Å². The number of rotatable bonds is 7. The summed E-state index contributed by atoms with van der Waals surface area (Å²) in [6.07, 6.45) is 1.07. The topological polar surface area (TPSA) is 66.4 Å². The molecule has 1 unspecified atom stereocenters. The van der Waals surface area contributed by atoms with E-state index in [1.807, 2.05) is 18.4 Å². The molecule has 0 aromatic heterocycles. The minimum Gasteiger partial charge on any atom is -0.387 e. The van der Waals surface area contributed by atoms with E-state index in [0.29, 0.717) is 16.1 Å². The zero-order valence-corrected chi connectivity index (χ0v) is 15.0. The van der Waals surface area contributed by atoms with Gasteiger partial charge in [-0.05, 0) is 35.6 Å². The molecule has 0 amide bonds. The molecule has 0 saturated heterocycles. The predicted octanol–water partition coefficient (Wildman–Crippen LogP) is 3.21. The van der Waals surface area contributed by atoms with Gasteiger partial charge in [-0.25, -0.2) is 13.1 Å². The lowest BCUT2D eigenvalue weighted by molar-refractivity contribution is 0.182. The highest BCUT2D eigenvalue weighted by atomic mass is 35.5. The van der Waals surface area contributed by atoms with Gasteiger partial charge in [0.25, 0.3) is 0 Å². The van der Waals surface area contributed by atoms with Gasteiger partial charge in [0.05, 0.1) is 11.9 Å². The molecule has 0 spiro atoms. The normalized spacial score (nSPS) is 13.0. The standard InChI is InChI=1S/C16H18ClNO3S2/c1-22-14-8-6-12(7-9-14)16(19)10-18-23(20,21)11-13-4-2-3-5-15(13)17/h2-9,16,18-19H,10-11H2,1H3. The van der Waals surface area contributed by atoms with Crippen LogP contribution in [0.2, 0.25) is 5.02 Å². The maximum atomic E-state index is 12.1. The number of sulfonamides is 1. The molecule has 2 aromatic carbocycles. The van der Waals surface area contributed by atoms with Gasteiger partial charge >= 0.3 is 0 Å². The molecule has 0 aliphatic rings. The number of aliphatic hydroxyl groups is 1. The zero-order chi connectivity index (χ0) is 16.9. The van der Waals surface area contributed by atoms with Crippen molar-refractivity contribution in [1.82, 2.24) is 4.72 Å². The largest absolute Gasteiger partial charge is 0.387 e. The molecule has 0 heterocycles. The molecule has 7 heteroatoms. The van der Waals surface area contributed by atoms with Crippen molar-refractivity contribution in [2.75, 3.05) is 12.8 Å². The van der Waals surface area contributed by atoms with Crippen LogP contribution in [0, 0.1) is 0 Å². The van der Waals surface area contributed by atoms with Crippen molar-refractivity contribution in [3.63, 3.8) is 0 Å². The van der Waals surface area contributed by atoms with Crippen LogP contribution in [-0.4, -0.2) is 26.3 Å². The van der Waals surface area contributed by atoms with Crippen molar-refractivity contribution in [2.45, 2.75) is 16.8 Å². The molecule has 1 atom stereocenters. The van der Waals surface area contributed by atoms with Crippen molar-refractivity contribution in [3.8, 4) is 0 Å². The molecule has 23 heavy (non-hydrogen) atoms. The van der Waals surface area contributed by atoms with Gasteiger partial charge in [-0.2, -0.15) is 0 Å². The molecule has 0 aliphatic heterocycles. The summed E-state index contributed by atoms with van der Waals surface area (Å²) in [6, 6.07) is 14.2. The van der Waals surface area contributed by atoms with E-state index >= 15 is 0 Å². The average molecular weight is 372 g/mol. The van der Waals surface area contributed by atoms with E-state index < -0.39 is 16.1 Å². The smallest absolute Gasteiger partial charge is 0.215 e. The highest BCUT2D eigenvalue weighted by Gasteiger charge is 2.16. The van der Waals surface area contributed by atoms with E-state index in [1.54, 1.807) is 48.2 Å². The van der Waals surface area contributed by atoms with E-state index in [1.165, 1.54) is 0 Å². The fourth-order valence-corrected chi connectivity index (χ4v) is 3.89. The van der Waals surface area contributed by atoms with Gasteiger partial charge in [0, 0.05) is 16.5 Å². The van der Waals surface area contributed by atoms with Crippen LogP contribution < -0.4 is 4.72 Å². The van der Waals surface area contributed by atoms with Crippen LogP contribution in [0.25, 0.3) is 0 Å². The number of aliphatic hydroxyl groups excluding tert-OH is 1. The highest BCUT2D eigenvalue weighted by molar-refractivity contribution is 7.98.